The molecule has 3 rings (SSSR count). The summed E-state index contributed by atoms with van der Waals surface area (Å²) >= 11 is 1.10. The van der Waals surface area contributed by atoms with Gasteiger partial charge >= 0.3 is 0 Å². The van der Waals surface area contributed by atoms with Crippen LogP contribution in [0.5, 0.6) is 5.75 Å². The molecular formula is C16H13N5O4S. The molecule has 0 spiro atoms. The number of para-hydroxylation sites is 1. The van der Waals surface area contributed by atoms with Crippen molar-refractivity contribution in [3.63, 3.8) is 0 Å². The molecule has 0 atom stereocenters. The lowest BCUT2D eigenvalue weighted by Gasteiger charge is -2.03. The van der Waals surface area contributed by atoms with E-state index in [1.165, 1.54) is 24.3 Å². The van der Waals surface area contributed by atoms with Gasteiger partial charge in [0.2, 0.25) is 11.1 Å². The highest BCUT2D eigenvalue weighted by atomic mass is 32.2. The fourth-order valence-corrected chi connectivity index (χ4v) is 2.73. The number of aromatic nitrogens is 3. The van der Waals surface area contributed by atoms with Gasteiger partial charge in [0, 0.05) is 17.8 Å². The second kappa shape index (κ2) is 7.66. The monoisotopic (exact) mass is 371 g/mol. The Morgan fingerprint density at radius 3 is 2.85 bits per heavy atom. The van der Waals surface area contributed by atoms with Crippen molar-refractivity contribution in [3.05, 3.63) is 58.6 Å². The molecule has 132 valence electrons. The first-order valence-corrected chi connectivity index (χ1v) is 8.39. The van der Waals surface area contributed by atoms with Crippen LogP contribution in [0, 0.1) is 10.1 Å². The molecule has 3 aromatic rings. The predicted octanol–water partition coefficient (Wildman–Crippen LogP) is 2.82. The number of hydrogen-bond donors (Lipinski definition) is 3. The van der Waals surface area contributed by atoms with Gasteiger partial charge in [0.25, 0.3) is 5.69 Å². The second-order valence-electron chi connectivity index (χ2n) is 5.13. The Labute approximate surface area is 151 Å². The van der Waals surface area contributed by atoms with Crippen LogP contribution in [-0.4, -0.2) is 36.9 Å². The number of amides is 1. The maximum Gasteiger partial charge on any atom is 0.271 e. The van der Waals surface area contributed by atoms with Gasteiger partial charge in [0.15, 0.2) is 5.82 Å². The predicted molar refractivity (Wildman–Crippen MR) is 95.9 cm³/mol. The van der Waals surface area contributed by atoms with Gasteiger partial charge in [-0.3, -0.25) is 20.0 Å². The number of non-ortho nitro benzene ring substituents is 1. The van der Waals surface area contributed by atoms with Crippen LogP contribution >= 0.6 is 11.8 Å². The molecule has 0 unspecified atom stereocenters. The first kappa shape index (κ1) is 17.4. The summed E-state index contributed by atoms with van der Waals surface area (Å²) < 4.78 is 0. The van der Waals surface area contributed by atoms with Crippen molar-refractivity contribution in [3.8, 4) is 17.1 Å². The van der Waals surface area contributed by atoms with Crippen LogP contribution in [0.3, 0.4) is 0 Å². The number of benzene rings is 2. The van der Waals surface area contributed by atoms with Crippen molar-refractivity contribution >= 4 is 29.0 Å². The minimum atomic E-state index is -0.529. The Hall–Kier alpha value is -3.40. The molecule has 0 aliphatic carbocycles. The Balaban J connectivity index is 1.59. The van der Waals surface area contributed by atoms with Crippen molar-refractivity contribution in [1.82, 2.24) is 15.2 Å². The first-order chi connectivity index (χ1) is 12.5. The van der Waals surface area contributed by atoms with Crippen LogP contribution < -0.4 is 5.32 Å². The number of aromatic hydroxyl groups is 1. The van der Waals surface area contributed by atoms with E-state index in [1.807, 2.05) is 0 Å². The van der Waals surface area contributed by atoms with Crippen molar-refractivity contribution in [2.24, 2.45) is 0 Å². The third-order valence-electron chi connectivity index (χ3n) is 3.30. The molecule has 0 saturated heterocycles. The molecule has 3 N–H and O–H groups in total. The van der Waals surface area contributed by atoms with Crippen LogP contribution in [0.15, 0.2) is 53.7 Å². The topological polar surface area (TPSA) is 134 Å². The third-order valence-corrected chi connectivity index (χ3v) is 4.14. The standard InChI is InChI=1S/C16H13N5O4S/c22-13-7-2-1-6-12(13)15-18-16(20-19-15)26-9-14(23)17-10-4-3-5-11(8-10)21(24)25/h1-8,22H,9H2,(H,17,23)(H,18,19,20). The summed E-state index contributed by atoms with van der Waals surface area (Å²) in [5.41, 5.74) is 0.749. The van der Waals surface area contributed by atoms with Gasteiger partial charge in [-0.25, -0.2) is 4.98 Å². The number of anilines is 1. The minimum absolute atomic E-state index is 0.0285. The maximum absolute atomic E-state index is 12.0. The Morgan fingerprint density at radius 2 is 2.08 bits per heavy atom. The van der Waals surface area contributed by atoms with Crippen molar-refractivity contribution in [2.75, 3.05) is 11.1 Å². The summed E-state index contributed by atoms with van der Waals surface area (Å²) in [6.45, 7) is 0. The zero-order chi connectivity index (χ0) is 18.5. The number of nitro benzene ring substituents is 1. The highest BCUT2D eigenvalue weighted by Gasteiger charge is 2.12. The quantitative estimate of drug-likeness (QED) is 0.344. The van der Waals surface area contributed by atoms with Gasteiger partial charge in [-0.1, -0.05) is 30.0 Å². The van der Waals surface area contributed by atoms with E-state index in [9.17, 15) is 20.0 Å². The lowest BCUT2D eigenvalue weighted by molar-refractivity contribution is -0.384. The average Bonchev–Trinajstić information content (AvgIpc) is 3.09. The molecule has 0 fully saturated rings. The van der Waals surface area contributed by atoms with E-state index >= 15 is 0 Å². The van der Waals surface area contributed by atoms with Crippen LogP contribution in [0.1, 0.15) is 0 Å². The molecule has 10 heteroatoms. The average molecular weight is 371 g/mol. The molecule has 0 aliphatic heterocycles. The van der Waals surface area contributed by atoms with Gasteiger partial charge in [0.1, 0.15) is 5.75 Å². The number of rotatable bonds is 6. The van der Waals surface area contributed by atoms with Crippen LogP contribution in [0.2, 0.25) is 0 Å². The number of nitrogens with one attached hydrogen (secondary N) is 2. The van der Waals surface area contributed by atoms with E-state index in [1.54, 1.807) is 24.3 Å². The van der Waals surface area contributed by atoms with Crippen molar-refractivity contribution in [1.29, 1.82) is 0 Å². The Morgan fingerprint density at radius 1 is 1.27 bits per heavy atom. The number of carbonyl (C=O) groups excluding carboxylic acids is 1. The number of phenols is 1. The Bertz CT molecular complexity index is 959. The van der Waals surface area contributed by atoms with Crippen LogP contribution in [-0.2, 0) is 4.79 Å². The van der Waals surface area contributed by atoms with Gasteiger partial charge in [-0.05, 0) is 18.2 Å². The SMILES string of the molecule is O=C(CSc1n[nH]c(-c2ccccc2O)n1)Nc1cccc([N+](=O)[O-])c1. The van der Waals surface area contributed by atoms with E-state index in [2.05, 4.69) is 20.5 Å². The molecule has 9 nitrogen and oxygen atoms in total. The number of carbonyl (C=O) groups is 1. The van der Waals surface area contributed by atoms with E-state index in [0.717, 1.165) is 11.8 Å². The van der Waals surface area contributed by atoms with Crippen LogP contribution in [0.25, 0.3) is 11.4 Å². The number of phenolic OH excluding ortho intramolecular Hbond substituents is 1. The molecule has 1 aromatic heterocycles. The number of nitro groups is 1. The summed E-state index contributed by atoms with van der Waals surface area (Å²) in [4.78, 5) is 26.4. The molecule has 26 heavy (non-hydrogen) atoms. The molecular weight excluding hydrogens is 358 g/mol. The normalized spacial score (nSPS) is 10.5. The van der Waals surface area contributed by atoms with Crippen LogP contribution in [0.4, 0.5) is 11.4 Å². The zero-order valence-corrected chi connectivity index (χ0v) is 14.1. The van der Waals surface area contributed by atoms with Gasteiger partial charge < -0.3 is 10.4 Å². The second-order valence-corrected chi connectivity index (χ2v) is 6.07. The highest BCUT2D eigenvalue weighted by Crippen LogP contribution is 2.27. The summed E-state index contributed by atoms with van der Waals surface area (Å²) in [6, 6.07) is 12.4. The van der Waals surface area contributed by atoms with E-state index in [-0.39, 0.29) is 23.1 Å². The molecule has 1 heterocycles. The Kier molecular flexibility index (Phi) is 5.13. The van der Waals surface area contributed by atoms with Gasteiger partial charge in [0.05, 0.1) is 16.2 Å². The van der Waals surface area contributed by atoms with E-state index < -0.39 is 4.92 Å². The fraction of sp³-hybridized carbons (Fsp3) is 0.0625. The maximum atomic E-state index is 12.0. The third kappa shape index (κ3) is 4.16. The lowest BCUT2D eigenvalue weighted by atomic mass is 10.2. The van der Waals surface area contributed by atoms with E-state index in [0.29, 0.717) is 22.2 Å². The smallest absolute Gasteiger partial charge is 0.271 e. The summed E-state index contributed by atoms with van der Waals surface area (Å²) in [6.07, 6.45) is 0. The molecule has 0 radical (unpaired) electrons. The minimum Gasteiger partial charge on any atom is -0.507 e. The number of aromatic amines is 1. The number of hydrogen-bond acceptors (Lipinski definition) is 7. The largest absolute Gasteiger partial charge is 0.507 e. The fourth-order valence-electron chi connectivity index (χ4n) is 2.13. The summed E-state index contributed by atoms with van der Waals surface area (Å²) in [5.74, 6) is 0.151. The number of nitrogens with zero attached hydrogens (tertiary/aromatic N) is 3. The van der Waals surface area contributed by atoms with Gasteiger partial charge in [-0.15, -0.1) is 5.10 Å². The summed E-state index contributed by atoms with van der Waals surface area (Å²) in [5, 5.41) is 30.2. The zero-order valence-electron chi connectivity index (χ0n) is 13.2. The number of thioether (sulfide) groups is 1. The molecule has 2 aromatic carbocycles. The summed E-state index contributed by atoms with van der Waals surface area (Å²) in [7, 11) is 0. The molecule has 0 saturated carbocycles. The van der Waals surface area contributed by atoms with E-state index in [4.69, 9.17) is 0 Å². The number of H-pyrrole nitrogens is 1. The molecule has 1 amide bonds. The van der Waals surface area contributed by atoms with Gasteiger partial charge in [-0.2, -0.15) is 0 Å². The van der Waals surface area contributed by atoms with Crippen molar-refractivity contribution < 1.29 is 14.8 Å². The first-order valence-electron chi connectivity index (χ1n) is 7.41. The highest BCUT2D eigenvalue weighted by molar-refractivity contribution is 7.99. The molecule has 0 bridgehead atoms. The molecule has 0 aliphatic rings. The lowest BCUT2D eigenvalue weighted by Crippen LogP contribution is -2.14. The van der Waals surface area contributed by atoms with Crippen molar-refractivity contribution in [2.45, 2.75) is 5.16 Å².